The van der Waals surface area contributed by atoms with Gasteiger partial charge in [0.25, 0.3) is 5.56 Å². The summed E-state index contributed by atoms with van der Waals surface area (Å²) >= 11 is 0. The Kier molecular flexibility index (Phi) is 4.59. The lowest BCUT2D eigenvalue weighted by atomic mass is 9.87. The van der Waals surface area contributed by atoms with E-state index in [1.165, 1.54) is 13.1 Å². The molecule has 30 heavy (non-hydrogen) atoms. The first-order chi connectivity index (χ1) is 14.0. The Morgan fingerprint density at radius 2 is 1.67 bits per heavy atom. The molecule has 4 rings (SSSR count). The Hall–Kier alpha value is -2.97. The summed E-state index contributed by atoms with van der Waals surface area (Å²) < 4.78 is 30.2. The van der Waals surface area contributed by atoms with Crippen LogP contribution in [0.2, 0.25) is 0 Å². The molecule has 1 N–H and O–H groups in total. The number of nitrogens with one attached hydrogen (secondary N) is 1. The Morgan fingerprint density at radius 1 is 1.00 bits per heavy atom. The second-order valence-electron chi connectivity index (χ2n) is 8.39. The van der Waals surface area contributed by atoms with E-state index < -0.39 is 10.0 Å². The van der Waals surface area contributed by atoms with Crippen LogP contribution in [-0.4, -0.2) is 29.8 Å². The van der Waals surface area contributed by atoms with Crippen LogP contribution in [-0.2, 0) is 22.5 Å². The van der Waals surface area contributed by atoms with Crippen LogP contribution in [0.15, 0.2) is 58.4 Å². The Morgan fingerprint density at radius 3 is 2.27 bits per heavy atom. The van der Waals surface area contributed by atoms with Crippen LogP contribution in [0.25, 0.3) is 27.5 Å². The topological polar surface area (TPSA) is 86.0 Å². The number of hydrogen-bond acceptors (Lipinski definition) is 4. The number of rotatable bonds is 3. The third-order valence-corrected chi connectivity index (χ3v) is 6.71. The zero-order valence-corrected chi connectivity index (χ0v) is 18.4. The molecule has 0 unspecified atom stereocenters. The second kappa shape index (κ2) is 6.78. The minimum Gasteiger partial charge on any atom is -0.276 e. The smallest absolute Gasteiger partial charge is 0.266 e. The lowest BCUT2D eigenvalue weighted by Crippen LogP contribution is -2.21. The maximum Gasteiger partial charge on any atom is 0.266 e. The number of fused-ring (bicyclic) bond motifs is 3. The van der Waals surface area contributed by atoms with Gasteiger partial charge in [0.2, 0.25) is 10.0 Å². The van der Waals surface area contributed by atoms with Gasteiger partial charge in [0.1, 0.15) is 5.52 Å². The molecule has 0 spiro atoms. The van der Waals surface area contributed by atoms with E-state index in [2.05, 4.69) is 30.6 Å². The van der Waals surface area contributed by atoms with Crippen molar-refractivity contribution in [1.82, 2.24) is 19.1 Å². The van der Waals surface area contributed by atoms with Crippen LogP contribution in [0, 0.1) is 0 Å². The van der Waals surface area contributed by atoms with Crippen molar-refractivity contribution >= 4 is 31.8 Å². The highest BCUT2D eigenvalue weighted by molar-refractivity contribution is 7.89. The molecule has 0 saturated carbocycles. The summed E-state index contributed by atoms with van der Waals surface area (Å²) in [6.07, 6.45) is 1.66. The minimum atomic E-state index is -3.63. The lowest BCUT2D eigenvalue weighted by molar-refractivity contribution is 0.588. The van der Waals surface area contributed by atoms with Crippen molar-refractivity contribution in [3.8, 4) is 5.69 Å². The van der Waals surface area contributed by atoms with Crippen LogP contribution < -0.4 is 10.3 Å². The molecule has 2 aromatic heterocycles. The molecule has 0 aliphatic rings. The van der Waals surface area contributed by atoms with Gasteiger partial charge in [-0.2, -0.15) is 5.10 Å². The highest BCUT2D eigenvalue weighted by atomic mass is 32.2. The highest BCUT2D eigenvalue weighted by Gasteiger charge is 2.19. The first-order valence-electron chi connectivity index (χ1n) is 9.59. The van der Waals surface area contributed by atoms with Crippen LogP contribution >= 0.6 is 0 Å². The quantitative estimate of drug-likeness (QED) is 0.548. The van der Waals surface area contributed by atoms with Crippen molar-refractivity contribution in [3.63, 3.8) is 0 Å². The van der Waals surface area contributed by atoms with Crippen LogP contribution in [0.5, 0.6) is 0 Å². The number of nitrogens with zero attached hydrogens (tertiary/aromatic N) is 3. The lowest BCUT2D eigenvalue weighted by Gasteiger charge is -2.20. The summed E-state index contributed by atoms with van der Waals surface area (Å²) in [5.41, 5.74) is 2.76. The fourth-order valence-corrected chi connectivity index (χ4v) is 4.38. The molecule has 4 aromatic rings. The molecule has 2 heterocycles. The number of hydrogen-bond donors (Lipinski definition) is 1. The monoisotopic (exact) mass is 424 g/mol. The van der Waals surface area contributed by atoms with E-state index in [4.69, 9.17) is 0 Å². The molecular formula is C22H24N4O3S. The van der Waals surface area contributed by atoms with Crippen molar-refractivity contribution in [2.24, 2.45) is 7.05 Å². The third kappa shape index (κ3) is 3.22. The van der Waals surface area contributed by atoms with Gasteiger partial charge in [0.05, 0.1) is 15.8 Å². The molecule has 7 nitrogen and oxygen atoms in total. The molecule has 156 valence electrons. The summed E-state index contributed by atoms with van der Waals surface area (Å²) in [7, 11) is -0.526. The van der Waals surface area contributed by atoms with Crippen LogP contribution in [0.4, 0.5) is 0 Å². The first-order valence-corrected chi connectivity index (χ1v) is 11.1. The molecule has 0 aliphatic carbocycles. The Labute approximate surface area is 175 Å². The van der Waals surface area contributed by atoms with Gasteiger partial charge < -0.3 is 0 Å². The molecule has 2 aromatic carbocycles. The van der Waals surface area contributed by atoms with Crippen molar-refractivity contribution in [2.75, 3.05) is 7.05 Å². The third-order valence-electron chi connectivity index (χ3n) is 5.30. The van der Waals surface area contributed by atoms with Crippen molar-refractivity contribution in [1.29, 1.82) is 0 Å². The van der Waals surface area contributed by atoms with Gasteiger partial charge >= 0.3 is 0 Å². The van der Waals surface area contributed by atoms with E-state index in [0.29, 0.717) is 27.5 Å². The number of aromatic nitrogens is 3. The van der Waals surface area contributed by atoms with Crippen molar-refractivity contribution in [3.05, 3.63) is 64.6 Å². The van der Waals surface area contributed by atoms with Crippen LogP contribution in [0.3, 0.4) is 0 Å². The predicted molar refractivity (Wildman–Crippen MR) is 119 cm³/mol. The largest absolute Gasteiger partial charge is 0.276 e. The number of aryl methyl sites for hydroxylation is 1. The molecule has 0 saturated heterocycles. The van der Waals surface area contributed by atoms with E-state index in [-0.39, 0.29) is 15.9 Å². The molecule has 0 aliphatic heterocycles. The molecule has 0 bridgehead atoms. The zero-order valence-electron chi connectivity index (χ0n) is 17.6. The maximum atomic E-state index is 13.4. The molecule has 0 amide bonds. The van der Waals surface area contributed by atoms with Gasteiger partial charge in [-0.3, -0.25) is 14.0 Å². The summed E-state index contributed by atoms with van der Waals surface area (Å²) in [6, 6.07) is 12.6. The van der Waals surface area contributed by atoms with E-state index in [9.17, 15) is 13.2 Å². The average molecular weight is 425 g/mol. The van der Waals surface area contributed by atoms with E-state index >= 15 is 0 Å². The highest BCUT2D eigenvalue weighted by Crippen LogP contribution is 2.28. The maximum absolute atomic E-state index is 13.4. The van der Waals surface area contributed by atoms with Gasteiger partial charge in [0.15, 0.2) is 0 Å². The number of sulfonamides is 1. The Bertz CT molecular complexity index is 1440. The van der Waals surface area contributed by atoms with E-state index in [1.807, 2.05) is 24.3 Å². The van der Waals surface area contributed by atoms with Gasteiger partial charge in [-0.05, 0) is 48.4 Å². The fraction of sp³-hybridized carbons (Fsp3) is 0.273. The van der Waals surface area contributed by atoms with Crippen LogP contribution in [0.1, 0.15) is 26.3 Å². The van der Waals surface area contributed by atoms with Crippen molar-refractivity contribution in [2.45, 2.75) is 31.1 Å². The molecular weight excluding hydrogens is 400 g/mol. The normalized spacial score (nSPS) is 12.7. The van der Waals surface area contributed by atoms with Gasteiger partial charge in [-0.15, -0.1) is 0 Å². The predicted octanol–water partition coefficient (Wildman–Crippen LogP) is 3.08. The summed E-state index contributed by atoms with van der Waals surface area (Å²) in [5, 5.41) is 5.45. The zero-order chi connectivity index (χ0) is 21.8. The SMILES string of the molecule is CNS(=O)(=O)c1ccc2c(c1)c1nn(C)cc1c(=O)n2-c1ccc(C(C)(C)C)cc1. The molecule has 8 heteroatoms. The summed E-state index contributed by atoms with van der Waals surface area (Å²) in [4.78, 5) is 13.5. The van der Waals surface area contributed by atoms with Gasteiger partial charge in [0, 0.05) is 24.3 Å². The fourth-order valence-electron chi connectivity index (χ4n) is 3.63. The molecule has 0 atom stereocenters. The first kappa shape index (κ1) is 20.3. The minimum absolute atomic E-state index is 0.00469. The Balaban J connectivity index is 2.08. The summed E-state index contributed by atoms with van der Waals surface area (Å²) in [5.74, 6) is 0. The number of pyridine rings is 1. The molecule has 0 fully saturated rings. The van der Waals surface area contributed by atoms with E-state index in [1.54, 1.807) is 34.6 Å². The van der Waals surface area contributed by atoms with E-state index in [0.717, 1.165) is 5.56 Å². The second-order valence-corrected chi connectivity index (χ2v) is 10.3. The summed E-state index contributed by atoms with van der Waals surface area (Å²) in [6.45, 7) is 6.40. The average Bonchev–Trinajstić information content (AvgIpc) is 3.10. The number of benzene rings is 2. The van der Waals surface area contributed by atoms with Gasteiger partial charge in [-0.1, -0.05) is 32.9 Å². The van der Waals surface area contributed by atoms with Gasteiger partial charge in [-0.25, -0.2) is 13.1 Å². The molecule has 0 radical (unpaired) electrons. The standard InChI is InChI=1S/C22H24N4O3S/c1-22(2,3)14-6-8-15(9-7-14)26-19-11-10-16(30(28,29)23-4)12-17(19)20-18(21(26)27)13-25(5)24-20/h6-13,23H,1-5H3. The van der Waals surface area contributed by atoms with Crippen molar-refractivity contribution < 1.29 is 8.42 Å².